The molecule has 124 valence electrons. The molecule has 24 heavy (non-hydrogen) atoms. The molecule has 0 saturated carbocycles. The van der Waals surface area contributed by atoms with Gasteiger partial charge in [-0.05, 0) is 53.3 Å². The molecule has 2 heterocycles. The maximum absolute atomic E-state index is 6.41. The van der Waals surface area contributed by atoms with E-state index in [1.54, 1.807) is 11.3 Å². The molecule has 1 aromatic carbocycles. The molecule has 3 rings (SSSR count). The van der Waals surface area contributed by atoms with E-state index in [-0.39, 0.29) is 5.41 Å². The first kappa shape index (κ1) is 17.2. The summed E-state index contributed by atoms with van der Waals surface area (Å²) in [6.07, 6.45) is 1.86. The second kappa shape index (κ2) is 6.67. The number of nitrogens with zero attached hydrogens (tertiary/aromatic N) is 1. The molecule has 0 atom stereocenters. The highest BCUT2D eigenvalue weighted by molar-refractivity contribution is 7.14. The van der Waals surface area contributed by atoms with Gasteiger partial charge in [0.25, 0.3) is 0 Å². The van der Waals surface area contributed by atoms with Crippen molar-refractivity contribution in [3.05, 3.63) is 64.3 Å². The first-order chi connectivity index (χ1) is 11.4. The van der Waals surface area contributed by atoms with Crippen LogP contribution >= 0.6 is 22.9 Å². The van der Waals surface area contributed by atoms with Gasteiger partial charge in [-0.3, -0.25) is 4.98 Å². The van der Waals surface area contributed by atoms with E-state index in [9.17, 15) is 0 Å². The molecule has 2 N–H and O–H groups in total. The minimum absolute atomic E-state index is 0.130. The lowest BCUT2D eigenvalue weighted by molar-refractivity contribution is 0.522. The van der Waals surface area contributed by atoms with E-state index in [0.29, 0.717) is 6.54 Å². The highest BCUT2D eigenvalue weighted by Crippen LogP contribution is 2.37. The van der Waals surface area contributed by atoms with Gasteiger partial charge in [-0.1, -0.05) is 37.6 Å². The Kier molecular flexibility index (Phi) is 4.77. The lowest BCUT2D eigenvalue weighted by Crippen LogP contribution is -2.29. The first-order valence-electron chi connectivity index (χ1n) is 7.93. The summed E-state index contributed by atoms with van der Waals surface area (Å²) in [6, 6.07) is 12.5. The molecule has 2 nitrogen and oxygen atoms in total. The standard InChI is InChI=1S/C20H21ClN2S/c1-13-4-5-16(17(21)8-13)18-9-15(11-24-18)14-6-7-23-19(10-14)20(2,3)12-22/h4-11H,12,22H2,1-3H3. The zero-order valence-corrected chi connectivity index (χ0v) is 15.7. The van der Waals surface area contributed by atoms with Crippen LogP contribution in [0.2, 0.25) is 5.02 Å². The molecule has 2 aromatic heterocycles. The van der Waals surface area contributed by atoms with Crippen molar-refractivity contribution in [1.29, 1.82) is 0 Å². The van der Waals surface area contributed by atoms with Gasteiger partial charge in [0.15, 0.2) is 0 Å². The van der Waals surface area contributed by atoms with Gasteiger partial charge in [-0.15, -0.1) is 11.3 Å². The van der Waals surface area contributed by atoms with Crippen LogP contribution < -0.4 is 5.73 Å². The molecule has 0 spiro atoms. The Morgan fingerprint density at radius 3 is 2.62 bits per heavy atom. The molecule has 0 aliphatic rings. The van der Waals surface area contributed by atoms with Crippen LogP contribution in [0.5, 0.6) is 0 Å². The van der Waals surface area contributed by atoms with E-state index in [2.05, 4.69) is 48.5 Å². The summed E-state index contributed by atoms with van der Waals surface area (Å²) in [5, 5.41) is 2.96. The summed E-state index contributed by atoms with van der Waals surface area (Å²) < 4.78 is 0. The van der Waals surface area contributed by atoms with Crippen LogP contribution in [0.15, 0.2) is 48.0 Å². The second-order valence-corrected chi connectivity index (χ2v) is 8.02. The molecular weight excluding hydrogens is 336 g/mol. The number of hydrogen-bond acceptors (Lipinski definition) is 3. The number of benzene rings is 1. The third kappa shape index (κ3) is 3.39. The lowest BCUT2D eigenvalue weighted by atomic mass is 9.88. The Morgan fingerprint density at radius 2 is 1.92 bits per heavy atom. The first-order valence-corrected chi connectivity index (χ1v) is 9.18. The van der Waals surface area contributed by atoms with Gasteiger partial charge in [0, 0.05) is 39.3 Å². The average Bonchev–Trinajstić information content (AvgIpc) is 3.04. The highest BCUT2D eigenvalue weighted by atomic mass is 35.5. The van der Waals surface area contributed by atoms with Crippen molar-refractivity contribution < 1.29 is 0 Å². The minimum atomic E-state index is -0.130. The molecule has 0 bridgehead atoms. The summed E-state index contributed by atoms with van der Waals surface area (Å²) in [4.78, 5) is 5.67. The smallest absolute Gasteiger partial charge is 0.0495 e. The molecule has 3 aromatic rings. The largest absolute Gasteiger partial charge is 0.330 e. The number of pyridine rings is 1. The predicted octanol–water partition coefficient (Wildman–Crippen LogP) is 5.68. The third-order valence-electron chi connectivity index (χ3n) is 4.29. The van der Waals surface area contributed by atoms with Crippen molar-refractivity contribution in [3.63, 3.8) is 0 Å². The maximum atomic E-state index is 6.41. The Balaban J connectivity index is 1.98. The van der Waals surface area contributed by atoms with Crippen molar-refractivity contribution in [2.24, 2.45) is 5.73 Å². The molecule has 0 saturated heterocycles. The van der Waals surface area contributed by atoms with Crippen molar-refractivity contribution >= 4 is 22.9 Å². The molecular formula is C20H21ClN2S. The number of thiophene rings is 1. The van der Waals surface area contributed by atoms with E-state index in [4.69, 9.17) is 17.3 Å². The fourth-order valence-electron chi connectivity index (χ4n) is 2.53. The van der Waals surface area contributed by atoms with Gasteiger partial charge in [-0.25, -0.2) is 0 Å². The van der Waals surface area contributed by atoms with Gasteiger partial charge >= 0.3 is 0 Å². The SMILES string of the molecule is Cc1ccc(-c2cc(-c3ccnc(C(C)(C)CN)c3)cs2)c(Cl)c1. The third-order valence-corrected chi connectivity index (χ3v) is 5.56. The molecule has 0 radical (unpaired) electrons. The second-order valence-electron chi connectivity index (χ2n) is 6.70. The van der Waals surface area contributed by atoms with Crippen LogP contribution in [0, 0.1) is 6.92 Å². The maximum Gasteiger partial charge on any atom is 0.0495 e. The molecule has 0 aliphatic carbocycles. The van der Waals surface area contributed by atoms with E-state index in [0.717, 1.165) is 21.8 Å². The van der Waals surface area contributed by atoms with E-state index in [1.807, 2.05) is 25.3 Å². The summed E-state index contributed by atoms with van der Waals surface area (Å²) >= 11 is 8.11. The number of aryl methyl sites for hydroxylation is 1. The number of rotatable bonds is 4. The van der Waals surface area contributed by atoms with Crippen LogP contribution in [0.25, 0.3) is 21.6 Å². The fourth-order valence-corrected chi connectivity index (χ4v) is 3.88. The Bertz CT molecular complexity index is 868. The van der Waals surface area contributed by atoms with E-state index in [1.165, 1.54) is 16.0 Å². The average molecular weight is 357 g/mol. The summed E-state index contributed by atoms with van der Waals surface area (Å²) in [5.41, 5.74) is 11.4. The highest BCUT2D eigenvalue weighted by Gasteiger charge is 2.20. The van der Waals surface area contributed by atoms with Gasteiger partial charge in [0.2, 0.25) is 0 Å². The summed E-state index contributed by atoms with van der Waals surface area (Å²) in [7, 11) is 0. The Labute approximate surface area is 152 Å². The van der Waals surface area contributed by atoms with Gasteiger partial charge in [-0.2, -0.15) is 0 Å². The van der Waals surface area contributed by atoms with Crippen molar-refractivity contribution in [1.82, 2.24) is 4.98 Å². The molecule has 0 aliphatic heterocycles. The fraction of sp³-hybridized carbons (Fsp3) is 0.250. The van der Waals surface area contributed by atoms with E-state index >= 15 is 0 Å². The summed E-state index contributed by atoms with van der Waals surface area (Å²) in [6.45, 7) is 6.85. The zero-order valence-electron chi connectivity index (χ0n) is 14.1. The summed E-state index contributed by atoms with van der Waals surface area (Å²) in [5.74, 6) is 0. The lowest BCUT2D eigenvalue weighted by Gasteiger charge is -2.22. The van der Waals surface area contributed by atoms with Crippen LogP contribution in [0.1, 0.15) is 25.1 Å². The van der Waals surface area contributed by atoms with Crippen LogP contribution in [0.3, 0.4) is 0 Å². The number of hydrogen-bond donors (Lipinski definition) is 1. The minimum Gasteiger partial charge on any atom is -0.330 e. The molecule has 0 unspecified atom stereocenters. The number of halogens is 1. The van der Waals surface area contributed by atoms with Gasteiger partial charge in [0.05, 0.1) is 0 Å². The molecule has 4 heteroatoms. The van der Waals surface area contributed by atoms with Gasteiger partial charge in [0.1, 0.15) is 0 Å². The Morgan fingerprint density at radius 1 is 1.12 bits per heavy atom. The molecule has 0 amide bonds. The zero-order chi connectivity index (χ0) is 17.3. The van der Waals surface area contributed by atoms with Gasteiger partial charge < -0.3 is 5.73 Å². The monoisotopic (exact) mass is 356 g/mol. The van der Waals surface area contributed by atoms with Crippen molar-refractivity contribution in [2.75, 3.05) is 6.54 Å². The van der Waals surface area contributed by atoms with Crippen molar-refractivity contribution in [3.8, 4) is 21.6 Å². The van der Waals surface area contributed by atoms with E-state index < -0.39 is 0 Å². The van der Waals surface area contributed by atoms with Crippen LogP contribution in [0.4, 0.5) is 0 Å². The normalized spacial score (nSPS) is 11.7. The predicted molar refractivity (Wildman–Crippen MR) is 105 cm³/mol. The number of aromatic nitrogens is 1. The number of nitrogens with two attached hydrogens (primary N) is 1. The van der Waals surface area contributed by atoms with Crippen LogP contribution in [-0.2, 0) is 5.41 Å². The Hall–Kier alpha value is -1.68. The van der Waals surface area contributed by atoms with Crippen LogP contribution in [-0.4, -0.2) is 11.5 Å². The van der Waals surface area contributed by atoms with Crippen molar-refractivity contribution in [2.45, 2.75) is 26.2 Å². The quantitative estimate of drug-likeness (QED) is 0.653. The topological polar surface area (TPSA) is 38.9 Å². The molecule has 0 fully saturated rings.